The molecule has 4 aromatic rings. The van der Waals surface area contributed by atoms with E-state index >= 15 is 0 Å². The highest BCUT2D eigenvalue weighted by molar-refractivity contribution is 5.99. The van der Waals surface area contributed by atoms with Gasteiger partial charge in [-0.15, -0.1) is 4.68 Å². The average Bonchev–Trinajstić information content (AvgIpc) is 3.21. The van der Waals surface area contributed by atoms with Crippen LogP contribution in [0.25, 0.3) is 16.8 Å². The van der Waals surface area contributed by atoms with E-state index in [2.05, 4.69) is 10.4 Å². The van der Waals surface area contributed by atoms with Crippen molar-refractivity contribution in [2.45, 2.75) is 6.92 Å². The van der Waals surface area contributed by atoms with Crippen LogP contribution in [0.1, 0.15) is 17.3 Å². The molecule has 1 aromatic heterocycles. The maximum atomic E-state index is 14.1. The lowest BCUT2D eigenvalue weighted by Gasteiger charge is -2.23. The molecule has 9 nitrogen and oxygen atoms in total. The molecule has 0 bridgehead atoms. The number of rotatable bonds is 5. The Morgan fingerprint density at radius 1 is 0.971 bits per heavy atom. The largest absolute Gasteiger partial charge is 0.478 e. The summed E-state index contributed by atoms with van der Waals surface area (Å²) in [6, 6.07) is 15.0. The fourth-order valence-electron chi connectivity index (χ4n) is 3.47. The summed E-state index contributed by atoms with van der Waals surface area (Å²) >= 11 is 0. The third-order valence-corrected chi connectivity index (χ3v) is 5.08. The van der Waals surface area contributed by atoms with Crippen LogP contribution in [0, 0.1) is 11.6 Å². The van der Waals surface area contributed by atoms with Crippen molar-refractivity contribution in [2.24, 2.45) is 0 Å². The van der Waals surface area contributed by atoms with Crippen LogP contribution in [0.2, 0.25) is 0 Å². The Morgan fingerprint density at radius 2 is 1.65 bits per heavy atom. The lowest BCUT2D eigenvalue weighted by atomic mass is 10.00. The molecule has 0 aliphatic heterocycles. The second-order valence-corrected chi connectivity index (χ2v) is 7.09. The van der Waals surface area contributed by atoms with Crippen LogP contribution in [-0.4, -0.2) is 43.4 Å². The highest BCUT2D eigenvalue weighted by Gasteiger charge is 2.26. The number of aromatic nitrogens is 4. The van der Waals surface area contributed by atoms with Crippen molar-refractivity contribution in [2.75, 3.05) is 11.4 Å². The third-order valence-electron chi connectivity index (χ3n) is 5.08. The lowest BCUT2D eigenvalue weighted by Crippen LogP contribution is -2.41. The number of halogens is 2. The first kappa shape index (κ1) is 22.5. The van der Waals surface area contributed by atoms with E-state index in [0.29, 0.717) is 26.2 Å². The summed E-state index contributed by atoms with van der Waals surface area (Å²) in [7, 11) is 0. The average molecular weight is 465 g/mol. The Labute approximate surface area is 191 Å². The van der Waals surface area contributed by atoms with Crippen LogP contribution < -0.4 is 10.6 Å². The molecule has 0 atom stereocenters. The third kappa shape index (κ3) is 3.94. The van der Waals surface area contributed by atoms with Gasteiger partial charge in [0.15, 0.2) is 11.6 Å². The Balaban J connectivity index is 1.82. The van der Waals surface area contributed by atoms with E-state index in [4.69, 9.17) is 0 Å². The van der Waals surface area contributed by atoms with E-state index in [1.54, 1.807) is 37.3 Å². The van der Waals surface area contributed by atoms with Crippen molar-refractivity contribution in [1.29, 1.82) is 0 Å². The fraction of sp³-hybridized carbons (Fsp3) is 0.0870. The Bertz CT molecular complexity index is 1430. The number of nitrogens with zero attached hydrogens (tertiary/aromatic N) is 5. The van der Waals surface area contributed by atoms with E-state index < -0.39 is 35.0 Å². The minimum absolute atomic E-state index is 0.00393. The van der Waals surface area contributed by atoms with Gasteiger partial charge in [0.2, 0.25) is 0 Å². The number of para-hydroxylation sites is 1. The molecule has 0 saturated carbocycles. The summed E-state index contributed by atoms with van der Waals surface area (Å²) in [6.45, 7) is 1.71. The predicted molar refractivity (Wildman–Crippen MR) is 118 cm³/mol. The second kappa shape index (κ2) is 9.06. The van der Waals surface area contributed by atoms with Crippen molar-refractivity contribution in [3.05, 3.63) is 94.4 Å². The second-order valence-electron chi connectivity index (χ2n) is 7.09. The topological polar surface area (TPSA) is 110 Å². The molecule has 0 radical (unpaired) electrons. The molecule has 0 fully saturated rings. The van der Waals surface area contributed by atoms with Gasteiger partial charge < -0.3 is 5.11 Å². The van der Waals surface area contributed by atoms with Crippen molar-refractivity contribution in [1.82, 2.24) is 19.8 Å². The maximum Gasteiger partial charge on any atom is 0.377 e. The normalized spacial score (nSPS) is 10.8. The van der Waals surface area contributed by atoms with Crippen molar-refractivity contribution >= 4 is 17.7 Å². The van der Waals surface area contributed by atoms with Gasteiger partial charge in [-0.3, -0.25) is 4.90 Å². The molecular weight excluding hydrogens is 448 g/mol. The quantitative estimate of drug-likeness (QED) is 0.451. The standard InChI is InChI=1S/C23H17F2N5O4/c1-2-28(19-12-11-15(21(31)32)13-16(19)14-7-4-3-5-8-14)22(33)30-23(34)29(26-27-30)20-17(24)9-6-10-18(20)25/h3-13H,2H2,1H3,(H,31,32). The number of hydrogen-bond acceptors (Lipinski definition) is 5. The van der Waals surface area contributed by atoms with Crippen LogP contribution in [-0.2, 0) is 0 Å². The molecule has 172 valence electrons. The number of benzene rings is 3. The van der Waals surface area contributed by atoms with Gasteiger partial charge in [-0.1, -0.05) is 36.4 Å². The number of anilines is 1. The molecule has 1 heterocycles. The van der Waals surface area contributed by atoms with Crippen molar-refractivity contribution in [3.63, 3.8) is 0 Å². The fourth-order valence-corrected chi connectivity index (χ4v) is 3.47. The molecule has 0 aliphatic carbocycles. The van der Waals surface area contributed by atoms with Crippen LogP contribution in [0.5, 0.6) is 0 Å². The molecule has 3 aromatic carbocycles. The zero-order valence-corrected chi connectivity index (χ0v) is 17.7. The molecule has 34 heavy (non-hydrogen) atoms. The summed E-state index contributed by atoms with van der Waals surface area (Å²) in [5.41, 5.74) is -0.555. The SMILES string of the molecule is CCN(C(=O)n1nnn(-c2c(F)cccc2F)c1=O)c1ccc(C(=O)O)cc1-c1ccccc1. The van der Waals surface area contributed by atoms with Crippen molar-refractivity contribution < 1.29 is 23.5 Å². The van der Waals surface area contributed by atoms with Gasteiger partial charge >= 0.3 is 17.7 Å². The minimum atomic E-state index is -1.17. The first-order valence-corrected chi connectivity index (χ1v) is 10.1. The van der Waals surface area contributed by atoms with E-state index in [1.165, 1.54) is 23.1 Å². The van der Waals surface area contributed by atoms with Gasteiger partial charge in [0, 0.05) is 12.1 Å². The molecule has 0 spiro atoms. The van der Waals surface area contributed by atoms with Gasteiger partial charge in [0.05, 0.1) is 11.3 Å². The molecule has 4 rings (SSSR count). The molecule has 0 aliphatic rings. The lowest BCUT2D eigenvalue weighted by molar-refractivity contribution is 0.0697. The highest BCUT2D eigenvalue weighted by Crippen LogP contribution is 2.32. The monoisotopic (exact) mass is 465 g/mol. The molecule has 0 saturated heterocycles. The van der Waals surface area contributed by atoms with E-state index in [-0.39, 0.29) is 12.1 Å². The molecular formula is C23H17F2N5O4. The molecule has 1 amide bonds. The van der Waals surface area contributed by atoms with Crippen LogP contribution in [0.4, 0.5) is 19.3 Å². The Kier molecular flexibility index (Phi) is 6.00. The zero-order valence-electron chi connectivity index (χ0n) is 17.7. The number of carbonyl (C=O) groups is 2. The summed E-state index contributed by atoms with van der Waals surface area (Å²) in [5.74, 6) is -3.25. The van der Waals surface area contributed by atoms with Gasteiger partial charge in [-0.05, 0) is 53.2 Å². The zero-order chi connectivity index (χ0) is 24.4. The Hall–Kier alpha value is -4.67. The highest BCUT2D eigenvalue weighted by atomic mass is 19.1. The minimum Gasteiger partial charge on any atom is -0.478 e. The van der Waals surface area contributed by atoms with Crippen molar-refractivity contribution in [3.8, 4) is 16.8 Å². The maximum absolute atomic E-state index is 14.1. The number of amides is 1. The van der Waals surface area contributed by atoms with E-state index in [1.807, 2.05) is 0 Å². The number of carbonyl (C=O) groups excluding carboxylic acids is 1. The first-order valence-electron chi connectivity index (χ1n) is 10.1. The first-order chi connectivity index (χ1) is 16.3. The van der Waals surface area contributed by atoms with Crippen LogP contribution in [0.3, 0.4) is 0 Å². The van der Waals surface area contributed by atoms with Gasteiger partial charge in [-0.25, -0.2) is 23.2 Å². The summed E-state index contributed by atoms with van der Waals surface area (Å²) in [4.78, 5) is 38.8. The van der Waals surface area contributed by atoms with Gasteiger partial charge in [-0.2, -0.15) is 4.68 Å². The smallest absolute Gasteiger partial charge is 0.377 e. The summed E-state index contributed by atoms with van der Waals surface area (Å²) in [6.07, 6.45) is 0. The van der Waals surface area contributed by atoms with Gasteiger partial charge in [0.1, 0.15) is 5.69 Å². The molecule has 11 heteroatoms. The molecule has 1 N–H and O–H groups in total. The van der Waals surface area contributed by atoms with E-state index in [0.717, 1.165) is 18.2 Å². The summed E-state index contributed by atoms with van der Waals surface area (Å²) < 4.78 is 29.0. The van der Waals surface area contributed by atoms with Gasteiger partial charge in [0.25, 0.3) is 0 Å². The van der Waals surface area contributed by atoms with E-state index in [9.17, 15) is 28.3 Å². The van der Waals surface area contributed by atoms with Crippen LogP contribution in [0.15, 0.2) is 71.5 Å². The number of hydrogen-bond donors (Lipinski definition) is 1. The molecule has 0 unspecified atom stereocenters. The number of aromatic carboxylic acids is 1. The Morgan fingerprint density at radius 3 is 2.26 bits per heavy atom. The van der Waals surface area contributed by atoms with Crippen LogP contribution >= 0.6 is 0 Å². The summed E-state index contributed by atoms with van der Waals surface area (Å²) in [5, 5.41) is 16.4. The number of carboxylic acid groups (broad SMARTS) is 1. The number of tetrazole rings is 1. The predicted octanol–water partition coefficient (Wildman–Crippen LogP) is 3.57. The number of carboxylic acids is 1.